The molecule has 0 aliphatic carbocycles. The van der Waals surface area contributed by atoms with Gasteiger partial charge < -0.3 is 0 Å². The van der Waals surface area contributed by atoms with Crippen molar-refractivity contribution in [3.8, 4) is 0 Å². The van der Waals surface area contributed by atoms with Gasteiger partial charge in [-0.1, -0.05) is 0 Å². The maximum absolute atomic E-state index is 12.2. The van der Waals surface area contributed by atoms with E-state index in [-0.39, 0.29) is 18.5 Å². The summed E-state index contributed by atoms with van der Waals surface area (Å²) in [5.41, 5.74) is 0. The average Bonchev–Trinajstić information content (AvgIpc) is 3.22. The monoisotopic (exact) mass is 356 g/mol. The molecule has 90 valence electrons. The topological polar surface area (TPSA) is 34.1 Å². The molecule has 10 saturated heterocycles. The molecule has 0 amide bonds. The molecular formula is C12H8Cl2O2Ru. The van der Waals surface area contributed by atoms with Gasteiger partial charge in [-0.3, -0.25) is 0 Å². The standard InChI is InChI=1S/2C6H4ClO.Ru/c2*7-6(8)5-3-1-2-4-5;/h2*1-4H;. The van der Waals surface area contributed by atoms with E-state index in [9.17, 15) is 9.59 Å². The molecule has 8 atom stereocenters. The summed E-state index contributed by atoms with van der Waals surface area (Å²) in [6, 6.07) is 0. The second-order valence-corrected chi connectivity index (χ2v) is 47.5. The maximum atomic E-state index is 12.2. The van der Waals surface area contributed by atoms with Gasteiger partial charge in [0.1, 0.15) is 0 Å². The van der Waals surface area contributed by atoms with E-state index in [0.717, 1.165) is 18.0 Å². The van der Waals surface area contributed by atoms with E-state index in [0.29, 0.717) is 18.0 Å². The molecule has 0 saturated carbocycles. The predicted molar refractivity (Wildman–Crippen MR) is 57.1 cm³/mol. The van der Waals surface area contributed by atoms with Gasteiger partial charge in [0.15, 0.2) is 0 Å². The molecule has 0 aromatic rings. The second kappa shape index (κ2) is 0.522. The third-order valence-corrected chi connectivity index (χ3v) is 83.7. The third-order valence-electron chi connectivity index (χ3n) is 15.4. The fraction of sp³-hybridized carbons (Fsp3) is 0.833. The Balaban J connectivity index is 1.78. The summed E-state index contributed by atoms with van der Waals surface area (Å²) in [7, 11) is -4.15. The van der Waals surface area contributed by atoms with Crippen LogP contribution in [-0.4, -0.2) is 10.5 Å². The van der Waals surface area contributed by atoms with Crippen LogP contribution in [0.1, 0.15) is 0 Å². The van der Waals surface area contributed by atoms with Crippen LogP contribution < -0.4 is 0 Å². The van der Waals surface area contributed by atoms with E-state index in [2.05, 4.69) is 0 Å². The van der Waals surface area contributed by atoms with Crippen LogP contribution in [0.4, 0.5) is 0 Å². The Bertz CT molecular complexity index is 1010. The van der Waals surface area contributed by atoms with Crippen LogP contribution in [-0.2, 0) is 17.3 Å². The number of hydrogen-bond acceptors (Lipinski definition) is 2. The first-order valence-electron chi connectivity index (χ1n) is 6.43. The number of halogens is 2. The normalized spacial score (nSPS) is 123. The zero-order valence-electron chi connectivity index (χ0n) is 8.54. The van der Waals surface area contributed by atoms with Gasteiger partial charge in [-0.05, 0) is 0 Å². The Labute approximate surface area is 94.7 Å². The number of carbonyl (C=O) groups is 2. The minimum atomic E-state index is -4.15. The van der Waals surface area contributed by atoms with Gasteiger partial charge >= 0.3 is 95.1 Å². The molecule has 17 heavy (non-hydrogen) atoms. The summed E-state index contributed by atoms with van der Waals surface area (Å²) in [6.07, 6.45) is 0. The Morgan fingerprint density at radius 1 is 0.765 bits per heavy atom. The van der Waals surface area contributed by atoms with E-state index >= 15 is 0 Å². The van der Waals surface area contributed by atoms with Gasteiger partial charge in [-0.15, -0.1) is 0 Å². The molecule has 10 aliphatic heterocycles. The van der Waals surface area contributed by atoms with Crippen LogP contribution in [0, 0.1) is 0 Å². The van der Waals surface area contributed by atoms with Gasteiger partial charge in [-0.2, -0.15) is 0 Å². The van der Waals surface area contributed by atoms with Gasteiger partial charge in [0.05, 0.1) is 0 Å². The van der Waals surface area contributed by atoms with Crippen molar-refractivity contribution in [1.82, 2.24) is 0 Å². The predicted octanol–water partition coefficient (Wildman–Crippen LogP) is 3.65. The molecule has 1 spiro atoms. The quantitative estimate of drug-likeness (QED) is 0.559. The van der Waals surface area contributed by atoms with E-state index < -0.39 is 7.72 Å². The Hall–Kier alpha value is 0.543. The first-order chi connectivity index (χ1) is 7.82. The fourth-order valence-electron chi connectivity index (χ4n) is 17.6. The molecule has 5 heteroatoms. The summed E-state index contributed by atoms with van der Waals surface area (Å²) in [4.78, 5) is 24.4. The molecule has 0 N–H and O–H groups in total. The van der Waals surface area contributed by atoms with Crippen LogP contribution in [0.5, 0.6) is 0 Å². The molecule has 8 unspecified atom stereocenters. The van der Waals surface area contributed by atoms with Gasteiger partial charge in [0, 0.05) is 0 Å². The van der Waals surface area contributed by atoms with Crippen LogP contribution in [0.25, 0.3) is 0 Å². The number of hydrogen-bond donors (Lipinski definition) is 0. The van der Waals surface area contributed by atoms with Gasteiger partial charge in [0.2, 0.25) is 0 Å². The van der Waals surface area contributed by atoms with Crippen molar-refractivity contribution >= 4 is 33.7 Å². The van der Waals surface area contributed by atoms with Crippen LogP contribution in [0.2, 0.25) is 44.1 Å². The molecule has 0 aromatic heterocycles. The zero-order valence-corrected chi connectivity index (χ0v) is 11.8. The molecule has 10 fully saturated rings. The summed E-state index contributed by atoms with van der Waals surface area (Å²) < 4.78 is 6.46. The van der Waals surface area contributed by atoms with Crippen LogP contribution in [0.3, 0.4) is 0 Å². The van der Waals surface area contributed by atoms with E-state index in [1.54, 1.807) is 0 Å². The van der Waals surface area contributed by atoms with Gasteiger partial charge in [-0.25, -0.2) is 0 Å². The van der Waals surface area contributed by atoms with Crippen molar-refractivity contribution in [2.45, 2.75) is 44.1 Å². The molecule has 10 rings (SSSR count). The average molecular weight is 356 g/mol. The van der Waals surface area contributed by atoms with E-state index in [1.807, 2.05) is 0 Å². The first kappa shape index (κ1) is 6.81. The minimum absolute atomic E-state index is 0.00469. The Morgan fingerprint density at radius 2 is 1.06 bits per heavy atom. The Morgan fingerprint density at radius 3 is 1.18 bits per heavy atom. The molecule has 0 radical (unpaired) electrons. The molecule has 0 bridgehead atoms. The van der Waals surface area contributed by atoms with Crippen molar-refractivity contribution in [3.63, 3.8) is 0 Å². The van der Waals surface area contributed by atoms with Crippen molar-refractivity contribution in [2.24, 2.45) is 0 Å². The van der Waals surface area contributed by atoms with Crippen LogP contribution in [0.15, 0.2) is 0 Å². The van der Waals surface area contributed by atoms with Crippen molar-refractivity contribution < 1.29 is 17.3 Å². The molecule has 10 aliphatic rings. The van der Waals surface area contributed by atoms with E-state index in [1.165, 1.54) is 0 Å². The second-order valence-electron chi connectivity index (χ2n) is 10.3. The zero-order chi connectivity index (χ0) is 11.1. The summed E-state index contributed by atoms with van der Waals surface area (Å²) in [5.74, 6) is 0. The van der Waals surface area contributed by atoms with Crippen LogP contribution >= 0.6 is 23.2 Å². The molecular weight excluding hydrogens is 348 g/mol. The number of fused-ring (bicyclic) bond motifs is 10. The SMILES string of the molecule is O=C(Cl)[C]12[CH]3[CH]4[CH]5[CH]1[Ru]45321678[CH]2[CH]1[CH]6[C]7(C(=O)Cl)[CH]28. The number of carbonyl (C=O) groups excluding carboxylic acids is 2. The summed E-state index contributed by atoms with van der Waals surface area (Å²) in [5, 5.41) is -0.00939. The van der Waals surface area contributed by atoms with Crippen molar-refractivity contribution in [2.75, 3.05) is 0 Å². The number of rotatable bonds is 2. The first-order valence-corrected chi connectivity index (χ1v) is 16.9. The van der Waals surface area contributed by atoms with Crippen molar-refractivity contribution in [1.29, 1.82) is 0 Å². The molecule has 0 aromatic carbocycles. The molecule has 2 nitrogen and oxygen atoms in total. The van der Waals surface area contributed by atoms with Crippen molar-refractivity contribution in [3.05, 3.63) is 0 Å². The van der Waals surface area contributed by atoms with E-state index in [4.69, 9.17) is 23.2 Å². The Kier molecular flexibility index (Phi) is 0.209. The summed E-state index contributed by atoms with van der Waals surface area (Å²) in [6.45, 7) is 0. The summed E-state index contributed by atoms with van der Waals surface area (Å²) >= 11 is 12.2. The van der Waals surface area contributed by atoms with Gasteiger partial charge in [0.25, 0.3) is 0 Å². The molecule has 10 heterocycles. The fourth-order valence-corrected chi connectivity index (χ4v) is 156. The third kappa shape index (κ3) is 0.0615.